The molecule has 0 spiro atoms. The third-order valence-corrected chi connectivity index (χ3v) is 5.47. The summed E-state index contributed by atoms with van der Waals surface area (Å²) in [6.45, 7) is 10.9. The molecule has 0 aliphatic carbocycles. The topological polar surface area (TPSA) is 24.5 Å². The van der Waals surface area contributed by atoms with Gasteiger partial charge in [0.05, 0.1) is 6.61 Å². The lowest BCUT2D eigenvalue weighted by atomic mass is 9.85. The molecule has 3 nitrogen and oxygen atoms in total. The zero-order chi connectivity index (χ0) is 14.9. The largest absolute Gasteiger partial charge is 0.379 e. The molecular weight excluding hydrogens is 260 g/mol. The fourth-order valence-electron chi connectivity index (χ4n) is 3.65. The second kappa shape index (κ2) is 5.71. The quantitative estimate of drug-likeness (QED) is 0.925. The van der Waals surface area contributed by atoms with Gasteiger partial charge in [-0.3, -0.25) is 4.90 Å². The zero-order valence-electron chi connectivity index (χ0n) is 13.6. The van der Waals surface area contributed by atoms with Crippen LogP contribution in [0.25, 0.3) is 0 Å². The molecular formula is C18H28N2O. The molecule has 0 radical (unpaired) electrons. The van der Waals surface area contributed by atoms with E-state index >= 15 is 0 Å². The summed E-state index contributed by atoms with van der Waals surface area (Å²) < 4.78 is 5.74. The van der Waals surface area contributed by atoms with Crippen LogP contribution in [0.5, 0.6) is 0 Å². The molecule has 116 valence electrons. The van der Waals surface area contributed by atoms with E-state index in [-0.39, 0.29) is 11.1 Å². The van der Waals surface area contributed by atoms with Gasteiger partial charge >= 0.3 is 0 Å². The van der Waals surface area contributed by atoms with Crippen molar-refractivity contribution in [1.82, 2.24) is 10.2 Å². The van der Waals surface area contributed by atoms with E-state index in [0.717, 1.165) is 39.1 Å². The first-order valence-electron chi connectivity index (χ1n) is 8.21. The molecule has 2 heterocycles. The van der Waals surface area contributed by atoms with Crippen molar-refractivity contribution in [3.05, 3.63) is 35.9 Å². The van der Waals surface area contributed by atoms with Gasteiger partial charge in [-0.1, -0.05) is 37.3 Å². The van der Waals surface area contributed by atoms with Gasteiger partial charge in [0.2, 0.25) is 0 Å². The number of ether oxygens (including phenoxy) is 1. The molecule has 3 rings (SSSR count). The molecule has 2 fully saturated rings. The predicted octanol–water partition coefficient (Wildman–Crippen LogP) is 2.98. The van der Waals surface area contributed by atoms with Gasteiger partial charge in [-0.15, -0.1) is 0 Å². The Kier molecular flexibility index (Phi) is 4.08. The smallest absolute Gasteiger partial charge is 0.0648 e. The summed E-state index contributed by atoms with van der Waals surface area (Å²) in [5.41, 5.74) is 1.78. The van der Waals surface area contributed by atoms with Crippen molar-refractivity contribution in [2.45, 2.75) is 50.7 Å². The molecule has 2 saturated heterocycles. The fourth-order valence-corrected chi connectivity index (χ4v) is 3.65. The van der Waals surface area contributed by atoms with Gasteiger partial charge in [-0.2, -0.15) is 0 Å². The highest BCUT2D eigenvalue weighted by Crippen LogP contribution is 2.38. The van der Waals surface area contributed by atoms with E-state index in [2.05, 4.69) is 61.3 Å². The highest BCUT2D eigenvalue weighted by molar-refractivity contribution is 5.22. The van der Waals surface area contributed by atoms with Crippen LogP contribution in [0, 0.1) is 0 Å². The molecule has 0 saturated carbocycles. The van der Waals surface area contributed by atoms with Crippen molar-refractivity contribution in [2.75, 3.05) is 26.3 Å². The van der Waals surface area contributed by atoms with Crippen LogP contribution in [0.3, 0.4) is 0 Å². The minimum atomic E-state index is 0.166. The summed E-state index contributed by atoms with van der Waals surface area (Å²) in [4.78, 5) is 2.70. The van der Waals surface area contributed by atoms with Crippen LogP contribution in [0.1, 0.15) is 45.2 Å². The predicted molar refractivity (Wildman–Crippen MR) is 86.4 cm³/mol. The first-order valence-corrected chi connectivity index (χ1v) is 8.21. The molecule has 1 N–H and O–H groups in total. The van der Waals surface area contributed by atoms with Gasteiger partial charge < -0.3 is 10.1 Å². The van der Waals surface area contributed by atoms with Crippen LogP contribution in [-0.2, 0) is 4.74 Å². The van der Waals surface area contributed by atoms with E-state index in [1.165, 1.54) is 5.56 Å². The van der Waals surface area contributed by atoms with Crippen molar-refractivity contribution < 1.29 is 4.74 Å². The van der Waals surface area contributed by atoms with Gasteiger partial charge in [0.1, 0.15) is 0 Å². The molecule has 3 heteroatoms. The van der Waals surface area contributed by atoms with Gasteiger partial charge in [-0.05, 0) is 32.3 Å². The van der Waals surface area contributed by atoms with E-state index in [0.29, 0.717) is 6.04 Å². The standard InChI is InChI=1S/C18H28N2O/c1-4-17(2)13-20(18(3)10-11-21-14-18)16(12-19-17)15-8-6-5-7-9-15/h5-9,16,19H,4,10-14H2,1-3H3. The number of nitrogens with one attached hydrogen (secondary N) is 1. The Morgan fingerprint density at radius 2 is 2.05 bits per heavy atom. The normalized spacial score (nSPS) is 37.8. The lowest BCUT2D eigenvalue weighted by Crippen LogP contribution is -2.65. The molecule has 1 aromatic carbocycles. The summed E-state index contributed by atoms with van der Waals surface area (Å²) in [7, 11) is 0. The molecule has 3 atom stereocenters. The first kappa shape index (κ1) is 15.0. The Morgan fingerprint density at radius 1 is 1.29 bits per heavy atom. The fraction of sp³-hybridized carbons (Fsp3) is 0.667. The average Bonchev–Trinajstić information content (AvgIpc) is 2.96. The van der Waals surface area contributed by atoms with E-state index in [1.54, 1.807) is 0 Å². The number of piperazine rings is 1. The number of nitrogens with zero attached hydrogens (tertiary/aromatic N) is 1. The summed E-state index contributed by atoms with van der Waals surface area (Å²) in [6.07, 6.45) is 2.29. The monoisotopic (exact) mass is 288 g/mol. The van der Waals surface area contributed by atoms with Crippen molar-refractivity contribution >= 4 is 0 Å². The van der Waals surface area contributed by atoms with Gasteiger partial charge in [-0.25, -0.2) is 0 Å². The molecule has 2 aliphatic rings. The van der Waals surface area contributed by atoms with Crippen molar-refractivity contribution in [1.29, 1.82) is 0 Å². The highest BCUT2D eigenvalue weighted by Gasteiger charge is 2.45. The summed E-state index contributed by atoms with van der Waals surface area (Å²) >= 11 is 0. The van der Waals surface area contributed by atoms with Crippen LogP contribution >= 0.6 is 0 Å². The lowest BCUT2D eigenvalue weighted by molar-refractivity contribution is -0.0117. The number of benzene rings is 1. The van der Waals surface area contributed by atoms with Crippen LogP contribution in [0.2, 0.25) is 0 Å². The zero-order valence-corrected chi connectivity index (χ0v) is 13.6. The maximum atomic E-state index is 5.74. The average molecular weight is 288 g/mol. The molecule has 0 amide bonds. The second-order valence-electron chi connectivity index (χ2n) is 7.15. The maximum Gasteiger partial charge on any atom is 0.0648 e. The minimum Gasteiger partial charge on any atom is -0.379 e. The van der Waals surface area contributed by atoms with Gasteiger partial charge in [0.15, 0.2) is 0 Å². The SMILES string of the molecule is CCC1(C)CN(C2(C)CCOC2)C(c2ccccc2)CN1. The molecule has 3 unspecified atom stereocenters. The number of rotatable bonds is 3. The Hall–Kier alpha value is -0.900. The van der Waals surface area contributed by atoms with E-state index in [4.69, 9.17) is 4.74 Å². The molecule has 2 aliphatic heterocycles. The third-order valence-electron chi connectivity index (χ3n) is 5.47. The lowest BCUT2D eigenvalue weighted by Gasteiger charge is -2.52. The van der Waals surface area contributed by atoms with E-state index < -0.39 is 0 Å². The minimum absolute atomic E-state index is 0.166. The number of hydrogen-bond acceptors (Lipinski definition) is 3. The Balaban J connectivity index is 1.91. The summed E-state index contributed by atoms with van der Waals surface area (Å²) in [5.74, 6) is 0. The molecule has 1 aromatic rings. The van der Waals surface area contributed by atoms with Crippen molar-refractivity contribution in [2.24, 2.45) is 0 Å². The van der Waals surface area contributed by atoms with Crippen LogP contribution in [-0.4, -0.2) is 42.3 Å². The van der Waals surface area contributed by atoms with Crippen molar-refractivity contribution in [3.63, 3.8) is 0 Å². The van der Waals surface area contributed by atoms with Gasteiger partial charge in [0.25, 0.3) is 0 Å². The van der Waals surface area contributed by atoms with E-state index in [9.17, 15) is 0 Å². The van der Waals surface area contributed by atoms with Gasteiger partial charge in [0, 0.05) is 36.8 Å². The summed E-state index contributed by atoms with van der Waals surface area (Å²) in [5, 5.41) is 3.78. The Labute approximate surface area is 128 Å². The first-order chi connectivity index (χ1) is 10.1. The van der Waals surface area contributed by atoms with Crippen LogP contribution < -0.4 is 5.32 Å². The molecule has 0 bridgehead atoms. The maximum absolute atomic E-state index is 5.74. The Bertz CT molecular complexity index is 469. The number of hydrogen-bond donors (Lipinski definition) is 1. The van der Waals surface area contributed by atoms with Crippen molar-refractivity contribution in [3.8, 4) is 0 Å². The summed E-state index contributed by atoms with van der Waals surface area (Å²) in [6, 6.07) is 11.3. The highest BCUT2D eigenvalue weighted by atomic mass is 16.5. The molecule has 0 aromatic heterocycles. The third kappa shape index (κ3) is 2.87. The van der Waals surface area contributed by atoms with Crippen LogP contribution in [0.15, 0.2) is 30.3 Å². The van der Waals surface area contributed by atoms with Crippen LogP contribution in [0.4, 0.5) is 0 Å². The molecule has 21 heavy (non-hydrogen) atoms. The van der Waals surface area contributed by atoms with E-state index in [1.807, 2.05) is 0 Å². The Morgan fingerprint density at radius 3 is 2.67 bits per heavy atom. The second-order valence-corrected chi connectivity index (χ2v) is 7.15.